The molecular weight excluding hydrogens is 450 g/mol. The van der Waals surface area contributed by atoms with Crippen molar-refractivity contribution in [1.29, 1.82) is 0 Å². The van der Waals surface area contributed by atoms with Crippen molar-refractivity contribution in [3.63, 3.8) is 0 Å². The summed E-state index contributed by atoms with van der Waals surface area (Å²) in [6.45, 7) is 3.93. The number of carbonyl (C=O) groups excluding carboxylic acids is 2. The molecule has 32 heavy (non-hydrogen) atoms. The molecule has 0 aliphatic heterocycles. The maximum atomic E-state index is 13.1. The molecule has 0 bridgehead atoms. The third kappa shape index (κ3) is 6.97. The molecule has 2 amide bonds. The molecule has 0 saturated heterocycles. The van der Waals surface area contributed by atoms with Gasteiger partial charge in [0, 0.05) is 31.6 Å². The Bertz CT molecular complexity index is 1040. The highest BCUT2D eigenvalue weighted by atomic mass is 35.5. The van der Waals surface area contributed by atoms with Crippen LogP contribution in [0.4, 0.5) is 5.69 Å². The molecule has 9 heteroatoms. The normalized spacial score (nSPS) is 12.2. The monoisotopic (exact) mass is 479 g/mol. The summed E-state index contributed by atoms with van der Waals surface area (Å²) in [7, 11) is -1.99. The third-order valence-corrected chi connectivity index (χ3v) is 6.65. The molecule has 7 nitrogen and oxygen atoms in total. The Hall–Kier alpha value is -2.58. The minimum absolute atomic E-state index is 0.104. The molecule has 2 aromatic carbocycles. The third-order valence-electron chi connectivity index (χ3n) is 5.22. The van der Waals surface area contributed by atoms with E-state index in [1.807, 2.05) is 31.2 Å². The Labute approximate surface area is 195 Å². The molecule has 0 fully saturated rings. The van der Waals surface area contributed by atoms with Crippen LogP contribution >= 0.6 is 11.6 Å². The number of carbonyl (C=O) groups is 2. The Morgan fingerprint density at radius 1 is 1.09 bits per heavy atom. The van der Waals surface area contributed by atoms with E-state index in [-0.39, 0.29) is 31.3 Å². The average Bonchev–Trinajstić information content (AvgIpc) is 2.75. The van der Waals surface area contributed by atoms with Crippen molar-refractivity contribution < 1.29 is 18.0 Å². The van der Waals surface area contributed by atoms with E-state index >= 15 is 0 Å². The lowest BCUT2D eigenvalue weighted by molar-refractivity contribution is -0.140. The van der Waals surface area contributed by atoms with E-state index in [4.69, 9.17) is 11.6 Å². The molecule has 0 heterocycles. The van der Waals surface area contributed by atoms with Crippen LogP contribution in [-0.4, -0.2) is 51.0 Å². The first-order chi connectivity index (χ1) is 15.0. The van der Waals surface area contributed by atoms with Crippen LogP contribution in [0, 0.1) is 6.92 Å². The fourth-order valence-electron chi connectivity index (χ4n) is 3.40. The molecule has 1 atom stereocenters. The molecule has 2 aromatic rings. The second-order valence-corrected chi connectivity index (χ2v) is 10.0. The number of halogens is 1. The van der Waals surface area contributed by atoms with Gasteiger partial charge in [0.15, 0.2) is 0 Å². The van der Waals surface area contributed by atoms with Crippen LogP contribution in [0.1, 0.15) is 30.9 Å². The number of nitrogens with zero attached hydrogens (tertiary/aromatic N) is 2. The summed E-state index contributed by atoms with van der Waals surface area (Å²) in [5, 5.41) is 3.16. The smallest absolute Gasteiger partial charge is 0.242 e. The van der Waals surface area contributed by atoms with E-state index in [1.54, 1.807) is 31.2 Å². The second kappa shape index (κ2) is 11.3. The number of amides is 2. The zero-order chi connectivity index (χ0) is 23.9. The summed E-state index contributed by atoms with van der Waals surface area (Å²) in [5.41, 5.74) is 2.28. The van der Waals surface area contributed by atoms with Gasteiger partial charge in [-0.3, -0.25) is 13.9 Å². The van der Waals surface area contributed by atoms with Crippen molar-refractivity contribution in [2.45, 2.75) is 39.3 Å². The summed E-state index contributed by atoms with van der Waals surface area (Å²) < 4.78 is 26.1. The van der Waals surface area contributed by atoms with E-state index in [0.717, 1.165) is 17.4 Å². The van der Waals surface area contributed by atoms with E-state index in [1.165, 1.54) is 16.3 Å². The number of anilines is 1. The lowest BCUT2D eigenvalue weighted by atomic mass is 10.1. The van der Waals surface area contributed by atoms with E-state index in [0.29, 0.717) is 17.1 Å². The summed E-state index contributed by atoms with van der Waals surface area (Å²) in [5.74, 6) is -0.501. The van der Waals surface area contributed by atoms with Gasteiger partial charge in [-0.25, -0.2) is 8.42 Å². The number of hydrogen-bond acceptors (Lipinski definition) is 4. The lowest BCUT2D eigenvalue weighted by Gasteiger charge is -2.29. The van der Waals surface area contributed by atoms with Gasteiger partial charge in [-0.1, -0.05) is 41.9 Å². The van der Waals surface area contributed by atoms with E-state index < -0.39 is 16.1 Å². The number of hydrogen-bond donors (Lipinski definition) is 1. The summed E-state index contributed by atoms with van der Waals surface area (Å²) in [4.78, 5) is 26.8. The minimum Gasteiger partial charge on any atom is -0.357 e. The predicted octanol–water partition coefficient (Wildman–Crippen LogP) is 3.36. The van der Waals surface area contributed by atoms with Crippen molar-refractivity contribution in [3.05, 3.63) is 64.7 Å². The van der Waals surface area contributed by atoms with Gasteiger partial charge in [0.25, 0.3) is 0 Å². The van der Waals surface area contributed by atoms with Crippen LogP contribution in [0.5, 0.6) is 0 Å². The lowest BCUT2D eigenvalue weighted by Crippen LogP contribution is -2.46. The van der Waals surface area contributed by atoms with Crippen molar-refractivity contribution in [2.24, 2.45) is 0 Å². The first-order valence-corrected chi connectivity index (χ1v) is 12.6. The van der Waals surface area contributed by atoms with Crippen LogP contribution in [0.3, 0.4) is 0 Å². The van der Waals surface area contributed by atoms with Crippen molar-refractivity contribution >= 4 is 39.1 Å². The minimum atomic E-state index is -3.51. The fraction of sp³-hybridized carbons (Fsp3) is 0.391. The predicted molar refractivity (Wildman–Crippen MR) is 128 cm³/mol. The van der Waals surface area contributed by atoms with Crippen LogP contribution in [-0.2, 0) is 26.2 Å². The number of benzene rings is 2. The molecule has 0 aliphatic rings. The maximum Gasteiger partial charge on any atom is 0.242 e. The molecule has 0 radical (unpaired) electrons. The zero-order valence-corrected chi connectivity index (χ0v) is 20.4. The van der Waals surface area contributed by atoms with Crippen molar-refractivity contribution in [2.75, 3.05) is 24.2 Å². The van der Waals surface area contributed by atoms with Gasteiger partial charge in [-0.05, 0) is 49.6 Å². The molecule has 0 aliphatic carbocycles. The number of para-hydroxylation sites is 1. The van der Waals surface area contributed by atoms with Crippen LogP contribution < -0.4 is 9.62 Å². The molecule has 0 saturated carbocycles. The van der Waals surface area contributed by atoms with Gasteiger partial charge >= 0.3 is 0 Å². The number of likely N-dealkylation sites (N-methyl/N-ethyl adjacent to an activating group) is 1. The molecule has 1 N–H and O–H groups in total. The standard InChI is InChI=1S/C23H30ClN3O4S/c1-17-8-5-6-9-21(17)27(32(4,30)31)15-7-10-22(28)26(18(2)23(29)25-3)16-19-11-13-20(24)14-12-19/h5-6,8-9,11-14,18H,7,10,15-16H2,1-4H3,(H,25,29)/t18-/m0/s1. The second-order valence-electron chi connectivity index (χ2n) is 7.66. The molecule has 2 rings (SSSR count). The SMILES string of the molecule is CNC(=O)[C@H](C)N(Cc1ccc(Cl)cc1)C(=O)CCCN(c1ccccc1C)S(C)(=O)=O. The molecular formula is C23H30ClN3O4S. The highest BCUT2D eigenvalue weighted by molar-refractivity contribution is 7.92. The molecule has 0 unspecified atom stereocenters. The Kier molecular flexibility index (Phi) is 9.09. The Morgan fingerprint density at radius 2 is 1.72 bits per heavy atom. The van der Waals surface area contributed by atoms with E-state index in [9.17, 15) is 18.0 Å². The largest absolute Gasteiger partial charge is 0.357 e. The quantitative estimate of drug-likeness (QED) is 0.566. The topological polar surface area (TPSA) is 86.8 Å². The number of nitrogens with one attached hydrogen (secondary N) is 1. The van der Waals surface area contributed by atoms with Crippen LogP contribution in [0.25, 0.3) is 0 Å². The van der Waals surface area contributed by atoms with Gasteiger partial charge in [0.05, 0.1) is 11.9 Å². The number of aryl methyl sites for hydroxylation is 1. The van der Waals surface area contributed by atoms with Gasteiger partial charge in [-0.2, -0.15) is 0 Å². The van der Waals surface area contributed by atoms with Gasteiger partial charge in [-0.15, -0.1) is 0 Å². The summed E-state index contributed by atoms with van der Waals surface area (Å²) in [6.07, 6.45) is 1.58. The van der Waals surface area contributed by atoms with Crippen LogP contribution in [0.15, 0.2) is 48.5 Å². The number of sulfonamides is 1. The highest BCUT2D eigenvalue weighted by Crippen LogP contribution is 2.23. The molecule has 174 valence electrons. The first-order valence-electron chi connectivity index (χ1n) is 10.3. The Balaban J connectivity index is 2.14. The van der Waals surface area contributed by atoms with Crippen molar-refractivity contribution in [1.82, 2.24) is 10.2 Å². The maximum absolute atomic E-state index is 13.1. The first kappa shape index (κ1) is 25.7. The van der Waals surface area contributed by atoms with Gasteiger partial charge < -0.3 is 10.2 Å². The van der Waals surface area contributed by atoms with E-state index in [2.05, 4.69) is 5.32 Å². The summed E-state index contributed by atoms with van der Waals surface area (Å²) in [6, 6.07) is 13.6. The van der Waals surface area contributed by atoms with Crippen LogP contribution in [0.2, 0.25) is 5.02 Å². The Morgan fingerprint density at radius 3 is 2.28 bits per heavy atom. The molecule has 0 spiro atoms. The van der Waals surface area contributed by atoms with Crippen molar-refractivity contribution in [3.8, 4) is 0 Å². The fourth-order valence-corrected chi connectivity index (χ4v) is 4.55. The summed E-state index contributed by atoms with van der Waals surface area (Å²) >= 11 is 5.94. The zero-order valence-electron chi connectivity index (χ0n) is 18.8. The van der Waals surface area contributed by atoms with Gasteiger partial charge in [0.1, 0.15) is 6.04 Å². The number of rotatable bonds is 10. The highest BCUT2D eigenvalue weighted by Gasteiger charge is 2.26. The molecule has 0 aromatic heterocycles. The van der Waals surface area contributed by atoms with Gasteiger partial charge in [0.2, 0.25) is 21.8 Å². The average molecular weight is 480 g/mol.